The molecular formula is C25H26N2O6S. The van der Waals surface area contributed by atoms with Crippen molar-refractivity contribution in [3.8, 4) is 11.5 Å². The SMILES string of the molecule is CCOC(=O)c1c(NC(=O)COc2ccc(OC)cc2)sc(C(=O)NCc2ccccc2)c1C. The molecule has 2 amide bonds. The lowest BCUT2D eigenvalue weighted by atomic mass is 10.1. The molecule has 0 aliphatic heterocycles. The number of benzene rings is 2. The van der Waals surface area contributed by atoms with E-state index in [2.05, 4.69) is 10.6 Å². The maximum atomic E-state index is 12.8. The zero-order valence-corrected chi connectivity index (χ0v) is 20.0. The van der Waals surface area contributed by atoms with Crippen LogP contribution in [0.15, 0.2) is 54.6 Å². The summed E-state index contributed by atoms with van der Waals surface area (Å²) in [5.74, 6) is -0.261. The molecule has 34 heavy (non-hydrogen) atoms. The molecule has 0 aliphatic carbocycles. The van der Waals surface area contributed by atoms with Crippen molar-refractivity contribution in [2.75, 3.05) is 25.6 Å². The predicted molar refractivity (Wildman–Crippen MR) is 130 cm³/mol. The third-order valence-electron chi connectivity index (χ3n) is 4.81. The summed E-state index contributed by atoms with van der Waals surface area (Å²) in [5, 5.41) is 5.77. The van der Waals surface area contributed by atoms with Crippen LogP contribution in [-0.2, 0) is 16.1 Å². The molecule has 3 rings (SSSR count). The quantitative estimate of drug-likeness (QED) is 0.420. The second-order valence-corrected chi connectivity index (χ2v) is 8.18. The van der Waals surface area contributed by atoms with Crippen molar-refractivity contribution < 1.29 is 28.6 Å². The Morgan fingerprint density at radius 1 is 0.971 bits per heavy atom. The molecule has 1 heterocycles. The van der Waals surface area contributed by atoms with Gasteiger partial charge in [0.1, 0.15) is 16.5 Å². The van der Waals surface area contributed by atoms with Crippen molar-refractivity contribution in [1.29, 1.82) is 0 Å². The van der Waals surface area contributed by atoms with Gasteiger partial charge in [-0.15, -0.1) is 11.3 Å². The largest absolute Gasteiger partial charge is 0.497 e. The van der Waals surface area contributed by atoms with E-state index < -0.39 is 11.9 Å². The second-order valence-electron chi connectivity index (χ2n) is 7.16. The standard InChI is InChI=1S/C25H26N2O6S/c1-4-32-25(30)21-16(2)22(23(29)26-14-17-8-6-5-7-9-17)34-24(21)27-20(28)15-33-19-12-10-18(31-3)11-13-19/h5-13H,4,14-15H2,1-3H3,(H,26,29)(H,27,28). The monoisotopic (exact) mass is 482 g/mol. The molecule has 0 fully saturated rings. The van der Waals surface area contributed by atoms with E-state index in [-0.39, 0.29) is 29.7 Å². The fraction of sp³-hybridized carbons (Fsp3) is 0.240. The van der Waals surface area contributed by atoms with Crippen LogP contribution in [0.2, 0.25) is 0 Å². The van der Waals surface area contributed by atoms with Crippen molar-refractivity contribution in [3.05, 3.63) is 76.2 Å². The Morgan fingerprint density at radius 3 is 2.29 bits per heavy atom. The van der Waals surface area contributed by atoms with Gasteiger partial charge in [-0.1, -0.05) is 30.3 Å². The maximum Gasteiger partial charge on any atom is 0.341 e. The van der Waals surface area contributed by atoms with Gasteiger partial charge in [-0.25, -0.2) is 4.79 Å². The highest BCUT2D eigenvalue weighted by Crippen LogP contribution is 2.34. The van der Waals surface area contributed by atoms with E-state index in [1.807, 2.05) is 30.3 Å². The number of methoxy groups -OCH3 is 1. The number of carbonyl (C=O) groups excluding carboxylic acids is 3. The van der Waals surface area contributed by atoms with Gasteiger partial charge in [0.25, 0.3) is 11.8 Å². The number of thiophene rings is 1. The number of anilines is 1. The summed E-state index contributed by atoms with van der Waals surface area (Å²) in [6, 6.07) is 16.3. The van der Waals surface area contributed by atoms with Crippen LogP contribution in [0.1, 0.15) is 38.1 Å². The normalized spacial score (nSPS) is 10.3. The van der Waals surface area contributed by atoms with E-state index in [1.165, 1.54) is 0 Å². The number of hydrogen-bond acceptors (Lipinski definition) is 7. The van der Waals surface area contributed by atoms with Gasteiger partial charge in [0.2, 0.25) is 0 Å². The lowest BCUT2D eigenvalue weighted by Crippen LogP contribution is -2.22. The Labute approximate surface area is 201 Å². The van der Waals surface area contributed by atoms with Crippen molar-refractivity contribution >= 4 is 34.1 Å². The fourth-order valence-corrected chi connectivity index (χ4v) is 4.24. The van der Waals surface area contributed by atoms with Crippen LogP contribution in [0.4, 0.5) is 5.00 Å². The smallest absolute Gasteiger partial charge is 0.341 e. The molecular weight excluding hydrogens is 456 g/mol. The Kier molecular flexibility index (Phi) is 8.64. The first-order valence-electron chi connectivity index (χ1n) is 10.6. The molecule has 8 nitrogen and oxygen atoms in total. The topological polar surface area (TPSA) is 103 Å². The summed E-state index contributed by atoms with van der Waals surface area (Å²) in [5.41, 5.74) is 1.55. The van der Waals surface area contributed by atoms with E-state index in [0.717, 1.165) is 16.9 Å². The first-order chi connectivity index (χ1) is 16.4. The predicted octanol–water partition coefficient (Wildman–Crippen LogP) is 4.19. The second kappa shape index (κ2) is 11.9. The van der Waals surface area contributed by atoms with E-state index >= 15 is 0 Å². The summed E-state index contributed by atoms with van der Waals surface area (Å²) in [6.45, 7) is 3.57. The molecule has 2 N–H and O–H groups in total. The summed E-state index contributed by atoms with van der Waals surface area (Å²) in [6.07, 6.45) is 0. The minimum absolute atomic E-state index is 0.162. The number of rotatable bonds is 10. The summed E-state index contributed by atoms with van der Waals surface area (Å²) in [7, 11) is 1.56. The van der Waals surface area contributed by atoms with Crippen LogP contribution >= 0.6 is 11.3 Å². The highest BCUT2D eigenvalue weighted by molar-refractivity contribution is 7.18. The van der Waals surface area contributed by atoms with Crippen LogP contribution in [0.3, 0.4) is 0 Å². The number of hydrogen-bond donors (Lipinski definition) is 2. The van der Waals surface area contributed by atoms with Crippen molar-refractivity contribution in [3.63, 3.8) is 0 Å². The van der Waals surface area contributed by atoms with Gasteiger partial charge in [0, 0.05) is 6.54 Å². The zero-order chi connectivity index (χ0) is 24.5. The molecule has 0 radical (unpaired) electrons. The van der Waals surface area contributed by atoms with Gasteiger partial charge in [-0.05, 0) is 49.2 Å². The summed E-state index contributed by atoms with van der Waals surface area (Å²) >= 11 is 1.02. The molecule has 1 aromatic heterocycles. The van der Waals surface area contributed by atoms with Gasteiger partial charge in [0.15, 0.2) is 6.61 Å². The van der Waals surface area contributed by atoms with Gasteiger partial charge in [-0.2, -0.15) is 0 Å². The molecule has 0 saturated carbocycles. The fourth-order valence-electron chi connectivity index (χ4n) is 3.11. The molecule has 3 aromatic rings. The molecule has 0 atom stereocenters. The molecule has 0 spiro atoms. The minimum atomic E-state index is -0.607. The van der Waals surface area contributed by atoms with Crippen LogP contribution in [0, 0.1) is 6.92 Å². The number of carbonyl (C=O) groups is 3. The first-order valence-corrected chi connectivity index (χ1v) is 11.4. The molecule has 178 valence electrons. The lowest BCUT2D eigenvalue weighted by molar-refractivity contribution is -0.118. The Hall–Kier alpha value is -3.85. The molecule has 0 unspecified atom stereocenters. The zero-order valence-electron chi connectivity index (χ0n) is 19.2. The number of esters is 1. The Bertz CT molecular complexity index is 1140. The van der Waals surface area contributed by atoms with Gasteiger partial charge < -0.3 is 24.8 Å². The average molecular weight is 483 g/mol. The van der Waals surface area contributed by atoms with Crippen molar-refractivity contribution in [2.24, 2.45) is 0 Å². The highest BCUT2D eigenvalue weighted by atomic mass is 32.1. The highest BCUT2D eigenvalue weighted by Gasteiger charge is 2.26. The van der Waals surface area contributed by atoms with E-state index in [0.29, 0.717) is 28.5 Å². The minimum Gasteiger partial charge on any atom is -0.497 e. The van der Waals surface area contributed by atoms with Gasteiger partial charge in [-0.3, -0.25) is 9.59 Å². The number of amides is 2. The van der Waals surface area contributed by atoms with E-state index in [1.54, 1.807) is 45.2 Å². The molecule has 0 bridgehead atoms. The van der Waals surface area contributed by atoms with Gasteiger partial charge >= 0.3 is 5.97 Å². The van der Waals surface area contributed by atoms with E-state index in [9.17, 15) is 14.4 Å². The van der Waals surface area contributed by atoms with Crippen LogP contribution in [0.25, 0.3) is 0 Å². The average Bonchev–Trinajstić information content (AvgIpc) is 3.17. The Balaban J connectivity index is 1.73. The molecule has 0 saturated heterocycles. The third-order valence-corrected chi connectivity index (χ3v) is 6.02. The molecule has 0 aliphatic rings. The Morgan fingerprint density at radius 2 is 1.65 bits per heavy atom. The first kappa shape index (κ1) is 24.8. The number of ether oxygens (including phenoxy) is 3. The maximum absolute atomic E-state index is 12.8. The third kappa shape index (κ3) is 6.35. The molecule has 9 heteroatoms. The lowest BCUT2D eigenvalue weighted by Gasteiger charge is -2.09. The number of nitrogens with one attached hydrogen (secondary N) is 2. The van der Waals surface area contributed by atoms with E-state index in [4.69, 9.17) is 14.2 Å². The van der Waals surface area contributed by atoms with Crippen LogP contribution < -0.4 is 20.1 Å². The van der Waals surface area contributed by atoms with Crippen molar-refractivity contribution in [1.82, 2.24) is 5.32 Å². The van der Waals surface area contributed by atoms with Gasteiger partial charge in [0.05, 0.1) is 24.2 Å². The summed E-state index contributed by atoms with van der Waals surface area (Å²) < 4.78 is 15.7. The van der Waals surface area contributed by atoms with Crippen molar-refractivity contribution in [2.45, 2.75) is 20.4 Å². The summed E-state index contributed by atoms with van der Waals surface area (Å²) in [4.78, 5) is 38.3. The van der Waals surface area contributed by atoms with Crippen LogP contribution in [0.5, 0.6) is 11.5 Å². The van der Waals surface area contributed by atoms with Crippen LogP contribution in [-0.4, -0.2) is 38.1 Å². The molecule has 2 aromatic carbocycles.